The Balaban J connectivity index is 2.86. The van der Waals surface area contributed by atoms with E-state index in [9.17, 15) is 22.8 Å². The summed E-state index contributed by atoms with van der Waals surface area (Å²) in [6.07, 6.45) is 4.06. The second kappa shape index (κ2) is 15.3. The summed E-state index contributed by atoms with van der Waals surface area (Å²) in [6.45, 7) is 9.22. The maximum atomic E-state index is 13.1. The number of rotatable bonds is 14. The summed E-state index contributed by atoms with van der Waals surface area (Å²) in [4.78, 5) is 38.5. The summed E-state index contributed by atoms with van der Waals surface area (Å²) in [7, 11) is -3.34. The van der Waals surface area contributed by atoms with Crippen molar-refractivity contribution in [2.24, 2.45) is 11.8 Å². The molecular weight excluding hydrogens is 482 g/mol. The predicted molar refractivity (Wildman–Crippen MR) is 141 cm³/mol. The minimum Gasteiger partial charge on any atom is -0.445 e. The molecule has 0 radical (unpaired) electrons. The number of nitrogens with one attached hydrogen (secondary N) is 3. The van der Waals surface area contributed by atoms with E-state index in [0.717, 1.165) is 30.1 Å². The van der Waals surface area contributed by atoms with E-state index >= 15 is 0 Å². The molecule has 0 aliphatic rings. The average molecular weight is 524 g/mol. The van der Waals surface area contributed by atoms with Crippen molar-refractivity contribution < 1.29 is 27.5 Å². The topological polar surface area (TPSA) is 131 Å². The van der Waals surface area contributed by atoms with Crippen molar-refractivity contribution >= 4 is 27.7 Å². The van der Waals surface area contributed by atoms with Gasteiger partial charge in [-0.05, 0) is 23.8 Å². The number of hydrogen-bond donors (Lipinski definition) is 3. The van der Waals surface area contributed by atoms with Crippen molar-refractivity contribution in [2.45, 2.75) is 78.6 Å². The molecule has 0 saturated carbocycles. The molecule has 10 heteroatoms. The molecule has 9 nitrogen and oxygen atoms in total. The van der Waals surface area contributed by atoms with Crippen LogP contribution >= 0.6 is 0 Å². The summed E-state index contributed by atoms with van der Waals surface area (Å²) in [5, 5.41) is 9.26. The van der Waals surface area contributed by atoms with Gasteiger partial charge in [0.15, 0.2) is 9.84 Å². The zero-order chi connectivity index (χ0) is 27.3. The quantitative estimate of drug-likeness (QED) is 0.343. The van der Waals surface area contributed by atoms with Gasteiger partial charge in [-0.1, -0.05) is 83.9 Å². The van der Waals surface area contributed by atoms with Crippen LogP contribution in [0.15, 0.2) is 41.8 Å². The Labute approximate surface area is 215 Å². The van der Waals surface area contributed by atoms with Crippen LogP contribution < -0.4 is 16.0 Å². The Bertz CT molecular complexity index is 977. The first kappa shape index (κ1) is 31.2. The van der Waals surface area contributed by atoms with Gasteiger partial charge in [-0.15, -0.1) is 0 Å². The first-order chi connectivity index (χ1) is 16.8. The summed E-state index contributed by atoms with van der Waals surface area (Å²) >= 11 is 0. The molecule has 0 saturated heterocycles. The van der Waals surface area contributed by atoms with E-state index in [-0.39, 0.29) is 18.4 Å². The van der Waals surface area contributed by atoms with Crippen LogP contribution in [0.2, 0.25) is 0 Å². The lowest BCUT2D eigenvalue weighted by Crippen LogP contribution is -2.57. The molecule has 3 N–H and O–H groups in total. The normalized spacial score (nSPS) is 14.3. The molecule has 0 spiro atoms. The zero-order valence-electron chi connectivity index (χ0n) is 22.1. The molecule has 3 unspecified atom stereocenters. The Morgan fingerprint density at radius 1 is 0.917 bits per heavy atom. The molecule has 36 heavy (non-hydrogen) atoms. The minimum absolute atomic E-state index is 0.0658. The molecule has 0 fully saturated rings. The van der Waals surface area contributed by atoms with Crippen molar-refractivity contribution in [3.63, 3.8) is 0 Å². The van der Waals surface area contributed by atoms with Crippen LogP contribution in [0.25, 0.3) is 0 Å². The van der Waals surface area contributed by atoms with E-state index in [2.05, 4.69) is 16.0 Å². The van der Waals surface area contributed by atoms with Crippen molar-refractivity contribution in [3.8, 4) is 0 Å². The highest BCUT2D eigenvalue weighted by molar-refractivity contribution is 7.93. The average Bonchev–Trinajstić information content (AvgIpc) is 2.80. The lowest BCUT2D eigenvalue weighted by molar-refractivity contribution is -0.131. The van der Waals surface area contributed by atoms with Gasteiger partial charge >= 0.3 is 6.09 Å². The molecule has 0 heterocycles. The molecule has 0 aliphatic carbocycles. The Hall–Kier alpha value is -2.88. The number of amides is 3. The Morgan fingerprint density at radius 2 is 1.47 bits per heavy atom. The fourth-order valence-corrected chi connectivity index (χ4v) is 3.83. The molecule has 1 aromatic rings. The van der Waals surface area contributed by atoms with E-state index in [1.165, 1.54) is 6.08 Å². The van der Waals surface area contributed by atoms with Crippen LogP contribution in [-0.4, -0.2) is 50.7 Å². The fourth-order valence-electron chi connectivity index (χ4n) is 3.36. The van der Waals surface area contributed by atoms with Gasteiger partial charge in [-0.25, -0.2) is 13.2 Å². The first-order valence-corrected chi connectivity index (χ1v) is 14.3. The van der Waals surface area contributed by atoms with E-state index in [1.807, 2.05) is 37.3 Å². The Morgan fingerprint density at radius 3 is 2.00 bits per heavy atom. The van der Waals surface area contributed by atoms with E-state index in [0.29, 0.717) is 6.42 Å². The molecule has 0 bridgehead atoms. The van der Waals surface area contributed by atoms with Gasteiger partial charge in [0.05, 0.1) is 0 Å². The summed E-state index contributed by atoms with van der Waals surface area (Å²) in [5.41, 5.74) is 0.817. The van der Waals surface area contributed by atoms with Gasteiger partial charge in [-0.3, -0.25) is 9.59 Å². The highest BCUT2D eigenvalue weighted by Crippen LogP contribution is 2.10. The molecule has 3 atom stereocenters. The van der Waals surface area contributed by atoms with E-state index in [1.54, 1.807) is 27.7 Å². The van der Waals surface area contributed by atoms with Crippen LogP contribution in [0.3, 0.4) is 0 Å². The third-order valence-electron chi connectivity index (χ3n) is 5.44. The van der Waals surface area contributed by atoms with E-state index in [4.69, 9.17) is 4.74 Å². The maximum Gasteiger partial charge on any atom is 0.408 e. The van der Waals surface area contributed by atoms with Gasteiger partial charge in [0.2, 0.25) is 11.8 Å². The lowest BCUT2D eigenvalue weighted by atomic mass is 9.99. The number of benzene rings is 1. The van der Waals surface area contributed by atoms with E-state index < -0.39 is 45.9 Å². The van der Waals surface area contributed by atoms with Gasteiger partial charge in [-0.2, -0.15) is 0 Å². The molecule has 3 amide bonds. The number of carbonyl (C=O) groups is 3. The molecule has 202 valence electrons. The molecule has 1 rings (SSSR count). The smallest absolute Gasteiger partial charge is 0.408 e. The van der Waals surface area contributed by atoms with Crippen molar-refractivity contribution in [1.82, 2.24) is 16.0 Å². The first-order valence-electron chi connectivity index (χ1n) is 12.3. The standard InChI is InChI=1S/C26H41N3O6S/c1-7-8-14-21(15-16-36(6,33)34)27-24(30)22(18(2)3)28-25(31)23(19(4)5)29-26(32)35-17-20-12-10-9-11-13-20/h9-13,15-16,18-19,21-23H,7-8,14,17H2,1-6H3,(H,27,30)(H,28,31)(H,29,32)/b16-15+. The third-order valence-corrected chi connectivity index (χ3v) is 6.09. The van der Waals surface area contributed by atoms with Gasteiger partial charge in [0, 0.05) is 17.7 Å². The summed E-state index contributed by atoms with van der Waals surface area (Å²) < 4.78 is 28.3. The highest BCUT2D eigenvalue weighted by atomic mass is 32.2. The molecule has 0 aliphatic heterocycles. The number of hydrogen-bond acceptors (Lipinski definition) is 6. The second-order valence-electron chi connectivity index (χ2n) is 9.57. The lowest BCUT2D eigenvalue weighted by Gasteiger charge is -2.28. The molecule has 0 aromatic heterocycles. The monoisotopic (exact) mass is 523 g/mol. The zero-order valence-corrected chi connectivity index (χ0v) is 22.9. The van der Waals surface area contributed by atoms with Gasteiger partial charge < -0.3 is 20.7 Å². The number of unbranched alkanes of at least 4 members (excludes halogenated alkanes) is 1. The molecule has 1 aromatic carbocycles. The van der Waals surface area contributed by atoms with Gasteiger partial charge in [0.1, 0.15) is 18.7 Å². The maximum absolute atomic E-state index is 13.1. The van der Waals surface area contributed by atoms with Crippen LogP contribution in [-0.2, 0) is 30.8 Å². The Kier molecular flexibility index (Phi) is 13.2. The highest BCUT2D eigenvalue weighted by Gasteiger charge is 2.31. The van der Waals surface area contributed by atoms with Crippen LogP contribution in [0.1, 0.15) is 59.4 Å². The third kappa shape index (κ3) is 12.2. The number of sulfone groups is 1. The van der Waals surface area contributed by atoms with Crippen molar-refractivity contribution in [3.05, 3.63) is 47.4 Å². The van der Waals surface area contributed by atoms with Crippen LogP contribution in [0.4, 0.5) is 4.79 Å². The molecular formula is C26H41N3O6S. The number of ether oxygens (including phenoxy) is 1. The van der Waals surface area contributed by atoms with Crippen LogP contribution in [0, 0.1) is 11.8 Å². The number of carbonyl (C=O) groups excluding carboxylic acids is 3. The van der Waals surface area contributed by atoms with Crippen molar-refractivity contribution in [1.29, 1.82) is 0 Å². The fraction of sp³-hybridized carbons (Fsp3) is 0.577. The summed E-state index contributed by atoms with van der Waals surface area (Å²) in [6, 6.07) is 6.90. The summed E-state index contributed by atoms with van der Waals surface area (Å²) in [5.74, 6) is -1.45. The second-order valence-corrected chi connectivity index (χ2v) is 11.5. The van der Waals surface area contributed by atoms with Crippen LogP contribution in [0.5, 0.6) is 0 Å². The largest absolute Gasteiger partial charge is 0.445 e. The SMILES string of the molecule is CCCCC(/C=C/S(C)(=O)=O)NC(=O)C(NC(=O)C(NC(=O)OCc1ccccc1)C(C)C)C(C)C. The number of alkyl carbamates (subject to hydrolysis) is 1. The predicted octanol–water partition coefficient (Wildman–Crippen LogP) is 3.31. The van der Waals surface area contributed by atoms with Gasteiger partial charge in [0.25, 0.3) is 0 Å². The minimum atomic E-state index is -3.34. The van der Waals surface area contributed by atoms with Crippen molar-refractivity contribution in [2.75, 3.05) is 6.26 Å².